The SMILES string of the molecule is CC(=O)Nc1cccc(OCCC(COC(=O)NC(C)(C)C)c2ccc(OC(=O)N(C)C)cc2)c1. The first-order chi connectivity index (χ1) is 16.4. The van der Waals surface area contributed by atoms with E-state index < -0.39 is 17.7 Å². The van der Waals surface area contributed by atoms with Crippen LogP contribution in [0, 0.1) is 0 Å². The molecule has 0 fully saturated rings. The molecule has 0 aromatic heterocycles. The summed E-state index contributed by atoms with van der Waals surface area (Å²) < 4.78 is 16.6. The van der Waals surface area contributed by atoms with Gasteiger partial charge in [0.1, 0.15) is 18.1 Å². The summed E-state index contributed by atoms with van der Waals surface area (Å²) in [6.45, 7) is 7.58. The zero-order valence-corrected chi connectivity index (χ0v) is 21.2. The third-order valence-corrected chi connectivity index (χ3v) is 4.70. The molecule has 0 saturated carbocycles. The highest BCUT2D eigenvalue weighted by molar-refractivity contribution is 5.88. The quantitative estimate of drug-likeness (QED) is 0.529. The molecule has 0 bridgehead atoms. The number of amides is 3. The molecular weight excluding hydrogens is 450 g/mol. The van der Waals surface area contributed by atoms with Gasteiger partial charge in [-0.3, -0.25) is 4.79 Å². The maximum absolute atomic E-state index is 12.2. The van der Waals surface area contributed by atoms with E-state index in [1.54, 1.807) is 44.4 Å². The van der Waals surface area contributed by atoms with E-state index in [0.29, 0.717) is 30.2 Å². The summed E-state index contributed by atoms with van der Waals surface area (Å²) in [6.07, 6.45) is -0.404. The number of ether oxygens (including phenoxy) is 3. The van der Waals surface area contributed by atoms with Gasteiger partial charge in [-0.1, -0.05) is 18.2 Å². The molecule has 190 valence electrons. The fourth-order valence-corrected chi connectivity index (χ4v) is 3.05. The number of anilines is 1. The van der Waals surface area contributed by atoms with Gasteiger partial charge in [0.15, 0.2) is 0 Å². The minimum Gasteiger partial charge on any atom is -0.493 e. The molecule has 0 aliphatic rings. The van der Waals surface area contributed by atoms with Crippen LogP contribution < -0.4 is 20.1 Å². The number of rotatable bonds is 9. The second kappa shape index (κ2) is 12.6. The summed E-state index contributed by atoms with van der Waals surface area (Å²) in [5.74, 6) is 0.724. The molecule has 1 unspecified atom stereocenters. The standard InChI is InChI=1S/C26H35N3O6/c1-18(30)27-21-8-7-9-23(16-21)33-15-14-20(17-34-24(31)28-26(2,3)4)19-10-12-22(13-11-19)35-25(32)29(5)6/h7-13,16,20H,14-15,17H2,1-6H3,(H,27,30)(H,28,31). The minimum absolute atomic E-state index is 0.147. The van der Waals surface area contributed by atoms with Crippen LogP contribution in [0.5, 0.6) is 11.5 Å². The number of nitrogens with one attached hydrogen (secondary N) is 2. The van der Waals surface area contributed by atoms with E-state index in [1.165, 1.54) is 11.8 Å². The van der Waals surface area contributed by atoms with Crippen LogP contribution >= 0.6 is 0 Å². The summed E-state index contributed by atoms with van der Waals surface area (Å²) in [4.78, 5) is 36.6. The molecule has 2 aromatic carbocycles. The number of carbonyl (C=O) groups is 3. The highest BCUT2D eigenvalue weighted by Gasteiger charge is 2.19. The Hall–Kier alpha value is -3.75. The van der Waals surface area contributed by atoms with Crippen molar-refractivity contribution >= 4 is 23.8 Å². The smallest absolute Gasteiger partial charge is 0.414 e. The van der Waals surface area contributed by atoms with Crippen molar-refractivity contribution < 1.29 is 28.6 Å². The second-order valence-corrected chi connectivity index (χ2v) is 9.35. The molecule has 0 aliphatic heterocycles. The molecule has 2 rings (SSSR count). The molecule has 9 nitrogen and oxygen atoms in total. The summed E-state index contributed by atoms with van der Waals surface area (Å²) >= 11 is 0. The largest absolute Gasteiger partial charge is 0.493 e. The Labute approximate surface area is 206 Å². The van der Waals surface area contributed by atoms with Gasteiger partial charge in [0.2, 0.25) is 5.91 Å². The number of hydrogen-bond acceptors (Lipinski definition) is 6. The summed E-state index contributed by atoms with van der Waals surface area (Å²) in [6, 6.07) is 14.2. The number of nitrogens with zero attached hydrogens (tertiary/aromatic N) is 1. The molecule has 35 heavy (non-hydrogen) atoms. The van der Waals surface area contributed by atoms with Crippen molar-refractivity contribution in [3.05, 3.63) is 54.1 Å². The normalized spacial score (nSPS) is 11.7. The molecule has 0 spiro atoms. The van der Waals surface area contributed by atoms with Gasteiger partial charge in [0.05, 0.1) is 6.61 Å². The molecule has 9 heteroatoms. The van der Waals surface area contributed by atoms with Gasteiger partial charge in [-0.2, -0.15) is 0 Å². The average molecular weight is 486 g/mol. The topological polar surface area (TPSA) is 106 Å². The van der Waals surface area contributed by atoms with Crippen molar-refractivity contribution in [1.82, 2.24) is 10.2 Å². The van der Waals surface area contributed by atoms with Crippen molar-refractivity contribution in [3.63, 3.8) is 0 Å². The molecule has 2 aromatic rings. The van der Waals surface area contributed by atoms with E-state index >= 15 is 0 Å². The number of alkyl carbamates (subject to hydrolysis) is 1. The van der Waals surface area contributed by atoms with Crippen LogP contribution in [0.3, 0.4) is 0 Å². The Kier molecular flexibility index (Phi) is 9.93. The summed E-state index contributed by atoms with van der Waals surface area (Å²) in [5.41, 5.74) is 1.15. The average Bonchev–Trinajstić information content (AvgIpc) is 2.75. The first-order valence-electron chi connectivity index (χ1n) is 11.4. The third kappa shape index (κ3) is 10.4. The zero-order chi connectivity index (χ0) is 26.0. The third-order valence-electron chi connectivity index (χ3n) is 4.70. The van der Waals surface area contributed by atoms with Crippen LogP contribution in [-0.4, -0.2) is 55.8 Å². The molecule has 0 radical (unpaired) electrons. The maximum Gasteiger partial charge on any atom is 0.414 e. The fraction of sp³-hybridized carbons (Fsp3) is 0.423. The number of hydrogen-bond donors (Lipinski definition) is 2. The van der Waals surface area contributed by atoms with Crippen LogP contribution in [0.15, 0.2) is 48.5 Å². The van der Waals surface area contributed by atoms with Gasteiger partial charge < -0.3 is 29.7 Å². The van der Waals surface area contributed by atoms with Gasteiger partial charge in [-0.25, -0.2) is 9.59 Å². The van der Waals surface area contributed by atoms with Crippen molar-refractivity contribution in [2.75, 3.05) is 32.6 Å². The highest BCUT2D eigenvalue weighted by atomic mass is 16.6. The predicted molar refractivity (Wildman–Crippen MR) is 134 cm³/mol. The molecule has 0 heterocycles. The lowest BCUT2D eigenvalue weighted by molar-refractivity contribution is -0.114. The highest BCUT2D eigenvalue weighted by Crippen LogP contribution is 2.25. The Balaban J connectivity index is 2.06. The van der Waals surface area contributed by atoms with E-state index in [0.717, 1.165) is 5.56 Å². The van der Waals surface area contributed by atoms with Crippen molar-refractivity contribution in [2.45, 2.75) is 45.6 Å². The fourth-order valence-electron chi connectivity index (χ4n) is 3.05. The molecule has 0 saturated heterocycles. The lowest BCUT2D eigenvalue weighted by Crippen LogP contribution is -2.41. The first-order valence-corrected chi connectivity index (χ1v) is 11.4. The number of carbonyl (C=O) groups excluding carboxylic acids is 3. The monoisotopic (exact) mass is 485 g/mol. The van der Waals surface area contributed by atoms with Crippen LogP contribution in [-0.2, 0) is 9.53 Å². The summed E-state index contributed by atoms with van der Waals surface area (Å²) in [7, 11) is 3.22. The van der Waals surface area contributed by atoms with E-state index in [1.807, 2.05) is 39.0 Å². The predicted octanol–water partition coefficient (Wildman–Crippen LogP) is 4.78. The van der Waals surface area contributed by atoms with E-state index in [2.05, 4.69) is 10.6 Å². The van der Waals surface area contributed by atoms with E-state index in [-0.39, 0.29) is 18.4 Å². The molecule has 3 amide bonds. The van der Waals surface area contributed by atoms with Gasteiger partial charge in [0, 0.05) is 44.2 Å². The Morgan fingerprint density at radius 3 is 2.29 bits per heavy atom. The zero-order valence-electron chi connectivity index (χ0n) is 21.2. The number of benzene rings is 2. The molecule has 0 aliphatic carbocycles. The molecule has 1 atom stereocenters. The maximum atomic E-state index is 12.2. The van der Waals surface area contributed by atoms with Gasteiger partial charge in [-0.05, 0) is 57.0 Å². The summed E-state index contributed by atoms with van der Waals surface area (Å²) in [5, 5.41) is 5.51. The van der Waals surface area contributed by atoms with Crippen LogP contribution in [0.2, 0.25) is 0 Å². The van der Waals surface area contributed by atoms with Crippen molar-refractivity contribution in [2.24, 2.45) is 0 Å². The van der Waals surface area contributed by atoms with Crippen molar-refractivity contribution in [1.29, 1.82) is 0 Å². The lowest BCUT2D eigenvalue weighted by atomic mass is 9.97. The van der Waals surface area contributed by atoms with Gasteiger partial charge in [0.25, 0.3) is 0 Å². The first kappa shape index (κ1) is 27.5. The second-order valence-electron chi connectivity index (χ2n) is 9.35. The Bertz CT molecular complexity index is 999. The van der Waals surface area contributed by atoms with Crippen molar-refractivity contribution in [3.8, 4) is 11.5 Å². The molecular formula is C26H35N3O6. The van der Waals surface area contributed by atoms with E-state index in [9.17, 15) is 14.4 Å². The van der Waals surface area contributed by atoms with Crippen LogP contribution in [0.1, 0.15) is 45.6 Å². The molecule has 2 N–H and O–H groups in total. The minimum atomic E-state index is -0.497. The van der Waals surface area contributed by atoms with Gasteiger partial charge >= 0.3 is 12.2 Å². The van der Waals surface area contributed by atoms with Crippen LogP contribution in [0.25, 0.3) is 0 Å². The van der Waals surface area contributed by atoms with Crippen LogP contribution in [0.4, 0.5) is 15.3 Å². The Morgan fingerprint density at radius 1 is 1.00 bits per heavy atom. The van der Waals surface area contributed by atoms with E-state index in [4.69, 9.17) is 14.2 Å². The Morgan fingerprint density at radius 2 is 1.69 bits per heavy atom. The lowest BCUT2D eigenvalue weighted by Gasteiger charge is -2.22. The van der Waals surface area contributed by atoms with Gasteiger partial charge in [-0.15, -0.1) is 0 Å².